The minimum absolute atomic E-state index is 0.0522. The molecule has 2 amide bonds. The number of carbonyl (C=O) groups is 3. The maximum atomic E-state index is 12.7. The number of amides is 2. The number of anilines is 1. The van der Waals surface area contributed by atoms with Crippen LogP contribution in [0, 0.1) is 11.3 Å². The molecule has 1 aromatic rings. The molecule has 0 aliphatic heterocycles. The summed E-state index contributed by atoms with van der Waals surface area (Å²) in [5, 5.41) is 14.8. The predicted molar refractivity (Wildman–Crippen MR) is 98.9 cm³/mol. The Labute approximate surface area is 157 Å². The van der Waals surface area contributed by atoms with Gasteiger partial charge in [0.2, 0.25) is 5.91 Å². The molecule has 0 spiro atoms. The molecule has 2 unspecified atom stereocenters. The maximum absolute atomic E-state index is 12.7. The van der Waals surface area contributed by atoms with Crippen molar-refractivity contribution in [3.05, 3.63) is 28.8 Å². The van der Waals surface area contributed by atoms with Crippen LogP contribution in [0.1, 0.15) is 44.0 Å². The molecule has 0 aromatic heterocycles. The lowest BCUT2D eigenvalue weighted by molar-refractivity contribution is -0.143. The molecular weight excluding hydrogens is 358 g/mol. The Morgan fingerprint density at radius 2 is 1.85 bits per heavy atom. The third kappa shape index (κ3) is 4.88. The van der Waals surface area contributed by atoms with E-state index in [9.17, 15) is 19.5 Å². The summed E-state index contributed by atoms with van der Waals surface area (Å²) in [5.74, 6) is -2.12. The second-order valence-corrected chi connectivity index (χ2v) is 8.08. The molecule has 1 aromatic carbocycles. The minimum atomic E-state index is -1.06. The molecule has 8 heteroatoms. The summed E-state index contributed by atoms with van der Waals surface area (Å²) in [7, 11) is 0. The van der Waals surface area contributed by atoms with E-state index in [0.29, 0.717) is 5.69 Å². The number of nitrogens with one attached hydrogen (secondary N) is 2. The zero-order chi connectivity index (χ0) is 19.6. The van der Waals surface area contributed by atoms with Gasteiger partial charge in [0.15, 0.2) is 0 Å². The van der Waals surface area contributed by atoms with Crippen molar-refractivity contribution in [3.8, 4) is 0 Å². The fraction of sp³-hybridized carbons (Fsp3) is 0.500. The van der Waals surface area contributed by atoms with Gasteiger partial charge in [0.05, 0.1) is 10.7 Å². The molecule has 0 saturated heterocycles. The molecule has 142 valence electrons. The average molecular weight is 382 g/mol. The number of carbonyl (C=O) groups excluding carboxylic acids is 2. The predicted octanol–water partition coefficient (Wildman–Crippen LogP) is 2.05. The number of halogens is 1. The number of hydrogen-bond acceptors (Lipinski definition) is 4. The first-order valence-corrected chi connectivity index (χ1v) is 8.77. The highest BCUT2D eigenvalue weighted by atomic mass is 35.5. The van der Waals surface area contributed by atoms with Crippen LogP contribution < -0.4 is 16.4 Å². The molecule has 1 saturated carbocycles. The van der Waals surface area contributed by atoms with Crippen molar-refractivity contribution in [2.75, 3.05) is 5.73 Å². The summed E-state index contributed by atoms with van der Waals surface area (Å²) < 4.78 is 0. The van der Waals surface area contributed by atoms with E-state index in [-0.39, 0.29) is 16.5 Å². The van der Waals surface area contributed by atoms with Crippen LogP contribution in [0.15, 0.2) is 18.2 Å². The van der Waals surface area contributed by atoms with E-state index in [0.717, 1.165) is 12.8 Å². The van der Waals surface area contributed by atoms with Gasteiger partial charge in [-0.1, -0.05) is 32.4 Å². The number of nitrogen functional groups attached to an aromatic ring is 1. The largest absolute Gasteiger partial charge is 0.480 e. The highest BCUT2D eigenvalue weighted by Crippen LogP contribution is 2.33. The van der Waals surface area contributed by atoms with Crippen LogP contribution in [0.3, 0.4) is 0 Å². The van der Waals surface area contributed by atoms with Gasteiger partial charge in [-0.05, 0) is 42.4 Å². The molecule has 1 fully saturated rings. The standard InChI is InChI=1S/C18H24ClN3O4/c1-18(2,3)14(16(24)21-13(17(25)26)9-4-5-9)22-15(23)10-6-7-12(20)11(19)8-10/h6-9,13-14H,4-5,20H2,1-3H3,(H,21,24)(H,22,23)(H,25,26). The Morgan fingerprint density at radius 1 is 1.23 bits per heavy atom. The Kier molecular flexibility index (Phi) is 5.81. The second-order valence-electron chi connectivity index (χ2n) is 7.67. The van der Waals surface area contributed by atoms with E-state index >= 15 is 0 Å². The average Bonchev–Trinajstić information content (AvgIpc) is 3.35. The quantitative estimate of drug-likeness (QED) is 0.562. The van der Waals surface area contributed by atoms with Gasteiger partial charge in [0.25, 0.3) is 5.91 Å². The smallest absolute Gasteiger partial charge is 0.326 e. The van der Waals surface area contributed by atoms with Crippen molar-refractivity contribution in [2.45, 2.75) is 45.7 Å². The summed E-state index contributed by atoms with van der Waals surface area (Å²) in [6.45, 7) is 5.38. The Morgan fingerprint density at radius 3 is 2.31 bits per heavy atom. The molecule has 1 aliphatic carbocycles. The van der Waals surface area contributed by atoms with Gasteiger partial charge >= 0.3 is 5.97 Å². The van der Waals surface area contributed by atoms with Crippen molar-refractivity contribution in [1.29, 1.82) is 0 Å². The number of carboxylic acid groups (broad SMARTS) is 1. The number of nitrogens with two attached hydrogens (primary N) is 1. The normalized spacial score (nSPS) is 16.5. The summed E-state index contributed by atoms with van der Waals surface area (Å²) in [4.78, 5) is 36.6. The van der Waals surface area contributed by atoms with Gasteiger partial charge in [0.1, 0.15) is 12.1 Å². The van der Waals surface area contributed by atoms with Crippen molar-refractivity contribution >= 4 is 35.1 Å². The highest BCUT2D eigenvalue weighted by molar-refractivity contribution is 6.33. The van der Waals surface area contributed by atoms with Crippen molar-refractivity contribution in [1.82, 2.24) is 10.6 Å². The second kappa shape index (κ2) is 7.53. The van der Waals surface area contributed by atoms with Gasteiger partial charge in [-0.15, -0.1) is 0 Å². The van der Waals surface area contributed by atoms with E-state index < -0.39 is 35.3 Å². The van der Waals surface area contributed by atoms with Gasteiger partial charge in [-0.3, -0.25) is 9.59 Å². The number of benzene rings is 1. The van der Waals surface area contributed by atoms with E-state index in [1.54, 1.807) is 20.8 Å². The van der Waals surface area contributed by atoms with Gasteiger partial charge < -0.3 is 21.5 Å². The summed E-state index contributed by atoms with van der Waals surface area (Å²) >= 11 is 5.94. The maximum Gasteiger partial charge on any atom is 0.326 e. The molecule has 2 rings (SSSR count). The molecule has 5 N–H and O–H groups in total. The number of rotatable bonds is 6. The first kappa shape index (κ1) is 20.0. The molecule has 0 radical (unpaired) electrons. The van der Waals surface area contributed by atoms with Crippen LogP contribution in [0.25, 0.3) is 0 Å². The molecule has 2 atom stereocenters. The van der Waals surface area contributed by atoms with Crippen LogP contribution in [0.2, 0.25) is 5.02 Å². The lowest BCUT2D eigenvalue weighted by Crippen LogP contribution is -2.57. The van der Waals surface area contributed by atoms with Crippen LogP contribution in [0.4, 0.5) is 5.69 Å². The molecular formula is C18H24ClN3O4. The summed E-state index contributed by atoms with van der Waals surface area (Å²) in [6, 6.07) is 2.60. The van der Waals surface area contributed by atoms with Crippen LogP contribution >= 0.6 is 11.6 Å². The monoisotopic (exact) mass is 381 g/mol. The van der Waals surface area contributed by atoms with Crippen molar-refractivity contribution in [3.63, 3.8) is 0 Å². The topological polar surface area (TPSA) is 122 Å². The Hall–Kier alpha value is -2.28. The third-order valence-electron chi connectivity index (χ3n) is 4.32. The first-order valence-electron chi connectivity index (χ1n) is 8.39. The van der Waals surface area contributed by atoms with E-state index in [1.165, 1.54) is 18.2 Å². The van der Waals surface area contributed by atoms with Gasteiger partial charge in [-0.25, -0.2) is 4.79 Å². The molecule has 7 nitrogen and oxygen atoms in total. The van der Waals surface area contributed by atoms with Crippen molar-refractivity contribution in [2.24, 2.45) is 11.3 Å². The zero-order valence-electron chi connectivity index (χ0n) is 15.0. The molecule has 0 heterocycles. The van der Waals surface area contributed by atoms with Crippen LogP contribution in [-0.2, 0) is 9.59 Å². The number of aliphatic carboxylic acids is 1. The van der Waals surface area contributed by atoms with Crippen LogP contribution in [-0.4, -0.2) is 35.0 Å². The number of carboxylic acids is 1. The molecule has 0 bridgehead atoms. The van der Waals surface area contributed by atoms with Gasteiger partial charge in [-0.2, -0.15) is 0 Å². The Bertz CT molecular complexity index is 726. The minimum Gasteiger partial charge on any atom is -0.480 e. The summed E-state index contributed by atoms with van der Waals surface area (Å²) in [5.41, 5.74) is 5.64. The lowest BCUT2D eigenvalue weighted by Gasteiger charge is -2.31. The third-order valence-corrected chi connectivity index (χ3v) is 4.65. The number of hydrogen-bond donors (Lipinski definition) is 4. The van der Waals surface area contributed by atoms with E-state index in [1.807, 2.05) is 0 Å². The summed E-state index contributed by atoms with van der Waals surface area (Å²) in [6.07, 6.45) is 1.54. The van der Waals surface area contributed by atoms with Gasteiger partial charge in [0, 0.05) is 5.56 Å². The lowest BCUT2D eigenvalue weighted by atomic mass is 9.85. The van der Waals surface area contributed by atoms with E-state index in [4.69, 9.17) is 17.3 Å². The molecule has 26 heavy (non-hydrogen) atoms. The molecule has 1 aliphatic rings. The SMILES string of the molecule is CC(C)(C)C(NC(=O)c1ccc(N)c(Cl)c1)C(=O)NC(C(=O)O)C1CC1. The fourth-order valence-electron chi connectivity index (χ4n) is 2.61. The van der Waals surface area contributed by atoms with Crippen molar-refractivity contribution < 1.29 is 19.5 Å². The Balaban J connectivity index is 2.16. The van der Waals surface area contributed by atoms with Crippen LogP contribution in [0.5, 0.6) is 0 Å². The zero-order valence-corrected chi connectivity index (χ0v) is 15.8. The van der Waals surface area contributed by atoms with E-state index in [2.05, 4.69) is 10.6 Å². The fourth-order valence-corrected chi connectivity index (χ4v) is 2.79. The first-order chi connectivity index (χ1) is 12.0. The highest BCUT2D eigenvalue weighted by Gasteiger charge is 2.40.